The summed E-state index contributed by atoms with van der Waals surface area (Å²) < 4.78 is 47.8. The van der Waals surface area contributed by atoms with Crippen molar-refractivity contribution in [1.82, 2.24) is 9.78 Å². The fourth-order valence-corrected chi connectivity index (χ4v) is 2.35. The summed E-state index contributed by atoms with van der Waals surface area (Å²) in [4.78, 5) is 0. The van der Waals surface area contributed by atoms with Crippen LogP contribution in [0.3, 0.4) is 0 Å². The molecule has 120 valence electrons. The normalized spacial score (nSPS) is 11.5. The summed E-state index contributed by atoms with van der Waals surface area (Å²) in [6, 6.07) is 5.22. The maximum absolute atomic E-state index is 12.2. The van der Waals surface area contributed by atoms with Crippen LogP contribution in [-0.2, 0) is 20.3 Å². The van der Waals surface area contributed by atoms with E-state index in [1.165, 1.54) is 22.9 Å². The molecule has 0 saturated carbocycles. The summed E-state index contributed by atoms with van der Waals surface area (Å²) in [6.07, 6.45) is -4.75. The lowest BCUT2D eigenvalue weighted by atomic mass is 10.3. The van der Waals surface area contributed by atoms with Crippen LogP contribution in [0.1, 0.15) is 11.4 Å². The highest BCUT2D eigenvalue weighted by molar-refractivity contribution is 9.10. The molecule has 9 heteroatoms. The molecule has 1 aromatic heterocycles. The van der Waals surface area contributed by atoms with Crippen molar-refractivity contribution in [2.75, 3.05) is 0 Å². The van der Waals surface area contributed by atoms with Crippen LogP contribution < -0.4 is 9.47 Å². The zero-order valence-corrected chi connectivity index (χ0v) is 13.0. The number of hydrogen-bond acceptors (Lipinski definition) is 4. The highest BCUT2D eigenvalue weighted by Gasteiger charge is 2.31. The molecule has 1 heterocycles. The second-order valence-corrected chi connectivity index (χ2v) is 5.09. The predicted octanol–water partition coefficient (Wildman–Crippen LogP) is 3.15. The molecule has 0 saturated heterocycles. The number of aliphatic hydroxyl groups excluding tert-OH is 1. The van der Waals surface area contributed by atoms with Crippen molar-refractivity contribution in [3.63, 3.8) is 0 Å². The zero-order chi connectivity index (χ0) is 16.3. The highest BCUT2D eigenvalue weighted by Crippen LogP contribution is 2.27. The van der Waals surface area contributed by atoms with Crippen LogP contribution in [0.4, 0.5) is 13.2 Å². The first-order valence-corrected chi connectivity index (χ1v) is 6.89. The van der Waals surface area contributed by atoms with Gasteiger partial charge in [0.15, 0.2) is 0 Å². The van der Waals surface area contributed by atoms with E-state index >= 15 is 0 Å². The van der Waals surface area contributed by atoms with Crippen LogP contribution in [-0.4, -0.2) is 21.2 Å². The number of rotatable bonds is 5. The van der Waals surface area contributed by atoms with E-state index in [2.05, 4.69) is 25.8 Å². The van der Waals surface area contributed by atoms with Crippen LogP contribution in [0.2, 0.25) is 0 Å². The monoisotopic (exact) mass is 380 g/mol. The molecule has 1 N–H and O–H groups in total. The van der Waals surface area contributed by atoms with E-state index < -0.39 is 6.36 Å². The molecule has 0 radical (unpaired) electrons. The van der Waals surface area contributed by atoms with E-state index in [0.29, 0.717) is 15.9 Å². The van der Waals surface area contributed by atoms with E-state index in [9.17, 15) is 18.3 Å². The minimum atomic E-state index is -4.75. The Morgan fingerprint density at radius 1 is 1.32 bits per heavy atom. The summed E-state index contributed by atoms with van der Waals surface area (Å²) in [7, 11) is 1.66. The Hall–Kier alpha value is -1.74. The van der Waals surface area contributed by atoms with Crippen LogP contribution >= 0.6 is 15.9 Å². The van der Waals surface area contributed by atoms with Crippen molar-refractivity contribution in [3.8, 4) is 11.5 Å². The number of aromatic nitrogens is 2. The molecule has 0 spiro atoms. The van der Waals surface area contributed by atoms with Gasteiger partial charge in [0.05, 0.1) is 16.8 Å². The Bertz CT molecular complexity index is 658. The van der Waals surface area contributed by atoms with Gasteiger partial charge in [0, 0.05) is 13.1 Å². The third kappa shape index (κ3) is 4.14. The first-order valence-electron chi connectivity index (χ1n) is 6.10. The van der Waals surface area contributed by atoms with Gasteiger partial charge in [0.2, 0.25) is 0 Å². The third-order valence-electron chi connectivity index (χ3n) is 2.73. The highest BCUT2D eigenvalue weighted by atomic mass is 79.9. The molecule has 2 aromatic rings. The molecule has 0 unspecified atom stereocenters. The standard InChI is InChI=1S/C13H12BrF3N2O3/c1-19-11(6-20)12(14)10(18-19)7-21-8-3-2-4-9(5-8)22-13(15,16)17/h2-5,20H,6-7H2,1H3. The molecule has 0 atom stereocenters. The average molecular weight is 381 g/mol. The van der Waals surface area contributed by atoms with Crippen molar-refractivity contribution in [3.05, 3.63) is 40.1 Å². The van der Waals surface area contributed by atoms with E-state index in [-0.39, 0.29) is 24.7 Å². The van der Waals surface area contributed by atoms with Crippen LogP contribution in [0.5, 0.6) is 11.5 Å². The molecule has 0 fully saturated rings. The van der Waals surface area contributed by atoms with Crippen molar-refractivity contribution >= 4 is 15.9 Å². The lowest BCUT2D eigenvalue weighted by molar-refractivity contribution is -0.274. The smallest absolute Gasteiger partial charge is 0.487 e. The SMILES string of the molecule is Cn1nc(COc2cccc(OC(F)(F)F)c2)c(Br)c1CO. The summed E-state index contributed by atoms with van der Waals surface area (Å²) >= 11 is 3.29. The fourth-order valence-electron chi connectivity index (χ4n) is 1.77. The van der Waals surface area contributed by atoms with Crippen molar-refractivity contribution in [2.24, 2.45) is 7.05 Å². The molecule has 22 heavy (non-hydrogen) atoms. The molecule has 1 aromatic carbocycles. The number of nitrogens with zero attached hydrogens (tertiary/aromatic N) is 2. The topological polar surface area (TPSA) is 56.5 Å². The number of aliphatic hydroxyl groups is 1. The summed E-state index contributed by atoms with van der Waals surface area (Å²) in [5.74, 6) is -0.147. The maximum Gasteiger partial charge on any atom is 0.573 e. The Kier molecular flexibility index (Phi) is 4.97. The van der Waals surface area contributed by atoms with E-state index in [0.717, 1.165) is 6.07 Å². The Morgan fingerprint density at radius 3 is 2.59 bits per heavy atom. The first-order chi connectivity index (χ1) is 10.3. The Labute approximate surface area is 132 Å². The average Bonchev–Trinajstić information content (AvgIpc) is 2.69. The molecule has 0 aliphatic carbocycles. The van der Waals surface area contributed by atoms with E-state index in [1.54, 1.807) is 7.05 Å². The van der Waals surface area contributed by atoms with E-state index in [4.69, 9.17) is 4.74 Å². The zero-order valence-electron chi connectivity index (χ0n) is 11.4. The minimum absolute atomic E-state index is 0.0316. The van der Waals surface area contributed by atoms with Gasteiger partial charge in [-0.3, -0.25) is 4.68 Å². The quantitative estimate of drug-likeness (QED) is 0.865. The lowest BCUT2D eigenvalue weighted by Crippen LogP contribution is -2.17. The Morgan fingerprint density at radius 2 is 2.00 bits per heavy atom. The number of halogens is 4. The number of alkyl halides is 3. The largest absolute Gasteiger partial charge is 0.573 e. The van der Waals surface area contributed by atoms with Gasteiger partial charge < -0.3 is 14.6 Å². The lowest BCUT2D eigenvalue weighted by Gasteiger charge is -2.10. The van der Waals surface area contributed by atoms with Crippen molar-refractivity contribution in [1.29, 1.82) is 0 Å². The van der Waals surface area contributed by atoms with Crippen molar-refractivity contribution in [2.45, 2.75) is 19.6 Å². The molecule has 2 rings (SSSR count). The second kappa shape index (κ2) is 6.57. The first kappa shape index (κ1) is 16.6. The fraction of sp³-hybridized carbons (Fsp3) is 0.308. The summed E-state index contributed by atoms with van der Waals surface area (Å²) in [5, 5.41) is 13.3. The third-order valence-corrected chi connectivity index (χ3v) is 3.65. The van der Waals surface area contributed by atoms with E-state index in [1.807, 2.05) is 0 Å². The number of ether oxygens (including phenoxy) is 2. The molecule has 0 bridgehead atoms. The molecule has 0 aliphatic heterocycles. The number of benzene rings is 1. The van der Waals surface area contributed by atoms with Gasteiger partial charge >= 0.3 is 6.36 Å². The summed E-state index contributed by atoms with van der Waals surface area (Å²) in [5.41, 5.74) is 1.10. The van der Waals surface area contributed by atoms with Gasteiger partial charge in [-0.2, -0.15) is 5.10 Å². The van der Waals surface area contributed by atoms with Gasteiger partial charge in [-0.05, 0) is 28.1 Å². The molecular formula is C13H12BrF3N2O3. The van der Waals surface area contributed by atoms with Gasteiger partial charge in [-0.25, -0.2) is 0 Å². The van der Waals surface area contributed by atoms with Crippen LogP contribution in [0.25, 0.3) is 0 Å². The second-order valence-electron chi connectivity index (χ2n) is 4.30. The minimum Gasteiger partial charge on any atom is -0.487 e. The summed E-state index contributed by atoms with van der Waals surface area (Å²) in [6.45, 7) is -0.164. The molecule has 5 nitrogen and oxygen atoms in total. The molecule has 0 aliphatic rings. The Balaban J connectivity index is 2.07. The van der Waals surface area contributed by atoms with Crippen LogP contribution in [0, 0.1) is 0 Å². The number of aryl methyl sites for hydroxylation is 1. The molecular weight excluding hydrogens is 369 g/mol. The van der Waals surface area contributed by atoms with Crippen molar-refractivity contribution < 1.29 is 27.8 Å². The predicted molar refractivity (Wildman–Crippen MR) is 74.3 cm³/mol. The maximum atomic E-state index is 12.2. The number of hydrogen-bond donors (Lipinski definition) is 1. The van der Waals surface area contributed by atoms with Crippen LogP contribution in [0.15, 0.2) is 28.7 Å². The van der Waals surface area contributed by atoms with Gasteiger partial charge in [0.25, 0.3) is 0 Å². The van der Waals surface area contributed by atoms with Gasteiger partial charge in [0.1, 0.15) is 23.8 Å². The van der Waals surface area contributed by atoms with Gasteiger partial charge in [-0.15, -0.1) is 13.2 Å². The molecule has 0 amide bonds. The van der Waals surface area contributed by atoms with Gasteiger partial charge in [-0.1, -0.05) is 6.07 Å².